The maximum Gasteiger partial charge on any atom is 0.245 e. The predicted molar refractivity (Wildman–Crippen MR) is 121 cm³/mol. The monoisotopic (exact) mass is 451 g/mol. The Bertz CT molecular complexity index is 701. The zero-order chi connectivity index (χ0) is 23.4. The molecule has 8 heteroatoms. The Hall–Kier alpha value is -1.67. The molecule has 2 unspecified atom stereocenters. The number of hydrogen-bond acceptors (Lipinski definition) is 5. The minimum absolute atomic E-state index is 0.0436. The number of aliphatic hydroxyl groups is 1. The second-order valence-corrected chi connectivity index (χ2v) is 9.58. The Kier molecular flexibility index (Phi) is 8.20. The maximum absolute atomic E-state index is 13.7. The van der Waals surface area contributed by atoms with Crippen LogP contribution in [0.1, 0.15) is 78.6 Å². The molecule has 0 aromatic carbocycles. The third-order valence-corrected chi connectivity index (χ3v) is 7.65. The van der Waals surface area contributed by atoms with Crippen molar-refractivity contribution < 1.29 is 24.2 Å². The molecule has 3 saturated heterocycles. The molecule has 8 nitrogen and oxygen atoms in total. The van der Waals surface area contributed by atoms with Gasteiger partial charge in [-0.25, -0.2) is 0 Å². The summed E-state index contributed by atoms with van der Waals surface area (Å²) in [6.45, 7) is 7.68. The Morgan fingerprint density at radius 1 is 1.03 bits per heavy atom. The van der Waals surface area contributed by atoms with Crippen molar-refractivity contribution in [2.45, 2.75) is 95.8 Å². The number of amides is 3. The first kappa shape index (κ1) is 25.0. The molecule has 0 aromatic rings. The lowest BCUT2D eigenvalue weighted by Crippen LogP contribution is -2.55. The van der Waals surface area contributed by atoms with Gasteiger partial charge in [-0.2, -0.15) is 0 Å². The maximum atomic E-state index is 13.7. The average Bonchev–Trinajstić information content (AvgIpc) is 3.39. The quantitative estimate of drug-likeness (QED) is 0.370. The molecule has 3 heterocycles. The Labute approximate surface area is 191 Å². The van der Waals surface area contributed by atoms with Crippen LogP contribution in [0.2, 0.25) is 0 Å². The summed E-state index contributed by atoms with van der Waals surface area (Å²) in [7, 11) is 0. The Balaban J connectivity index is 1.92. The lowest BCUT2D eigenvalue weighted by molar-refractivity contribution is -0.147. The smallest absolute Gasteiger partial charge is 0.245 e. The molecule has 5 atom stereocenters. The van der Waals surface area contributed by atoms with E-state index in [9.17, 15) is 19.5 Å². The number of nitrogens with zero attached hydrogens (tertiary/aromatic N) is 1. The number of nitrogens with one attached hydrogen (secondary N) is 2. The number of carbonyl (C=O) groups excluding carboxylic acids is 3. The largest absolute Gasteiger partial charge is 0.396 e. The van der Waals surface area contributed by atoms with Crippen molar-refractivity contribution in [3.8, 4) is 0 Å². The first-order valence-corrected chi connectivity index (χ1v) is 12.6. The number of hydrogen-bond donors (Lipinski definition) is 3. The van der Waals surface area contributed by atoms with Crippen molar-refractivity contribution in [1.82, 2.24) is 15.5 Å². The first-order valence-electron chi connectivity index (χ1n) is 12.6. The van der Waals surface area contributed by atoms with Gasteiger partial charge in [-0.15, -0.1) is 0 Å². The predicted octanol–water partition coefficient (Wildman–Crippen LogP) is 1.75. The summed E-state index contributed by atoms with van der Waals surface area (Å²) in [6, 6.07) is -0.724. The van der Waals surface area contributed by atoms with Crippen LogP contribution in [-0.2, 0) is 19.1 Å². The van der Waals surface area contributed by atoms with Gasteiger partial charge in [0.05, 0.1) is 17.4 Å². The van der Waals surface area contributed by atoms with Crippen molar-refractivity contribution in [2.24, 2.45) is 11.8 Å². The fourth-order valence-electron chi connectivity index (χ4n) is 6.09. The van der Waals surface area contributed by atoms with E-state index in [1.807, 2.05) is 13.8 Å². The molecular formula is C24H41N3O5. The van der Waals surface area contributed by atoms with E-state index < -0.39 is 29.1 Å². The molecule has 3 aliphatic rings. The van der Waals surface area contributed by atoms with Gasteiger partial charge < -0.3 is 25.4 Å². The molecule has 0 aromatic heterocycles. The molecule has 3 aliphatic heterocycles. The summed E-state index contributed by atoms with van der Waals surface area (Å²) >= 11 is 0. The lowest BCUT2D eigenvalue weighted by atomic mass is 9.65. The highest BCUT2D eigenvalue weighted by Crippen LogP contribution is 2.64. The van der Waals surface area contributed by atoms with Gasteiger partial charge in [0.25, 0.3) is 0 Å². The minimum Gasteiger partial charge on any atom is -0.396 e. The average molecular weight is 452 g/mol. The molecule has 182 valence electrons. The Morgan fingerprint density at radius 3 is 2.44 bits per heavy atom. The van der Waals surface area contributed by atoms with E-state index in [1.54, 1.807) is 4.90 Å². The van der Waals surface area contributed by atoms with Gasteiger partial charge in [0.1, 0.15) is 11.6 Å². The fraction of sp³-hybridized carbons (Fsp3) is 0.875. The lowest BCUT2D eigenvalue weighted by Gasteiger charge is -2.34. The van der Waals surface area contributed by atoms with Crippen LogP contribution in [0.4, 0.5) is 0 Å². The van der Waals surface area contributed by atoms with Crippen LogP contribution in [0.5, 0.6) is 0 Å². The van der Waals surface area contributed by atoms with Crippen LogP contribution in [0.3, 0.4) is 0 Å². The van der Waals surface area contributed by atoms with E-state index in [0.717, 1.165) is 25.7 Å². The molecule has 3 rings (SSSR count). The highest BCUT2D eigenvalue weighted by atomic mass is 16.5. The SMILES string of the molecule is CCCCCNC(=O)C1N(CCCCO)C(=O)[C@@H]2[C@@H](C(=O)NCCC)[C@@]3(CC)CCC12O3. The normalized spacial score (nSPS) is 32.9. The van der Waals surface area contributed by atoms with Crippen LogP contribution in [0.25, 0.3) is 0 Å². The summed E-state index contributed by atoms with van der Waals surface area (Å²) < 4.78 is 6.67. The molecule has 3 fully saturated rings. The van der Waals surface area contributed by atoms with E-state index in [-0.39, 0.29) is 24.3 Å². The number of fused-ring (bicyclic) bond motifs is 1. The molecule has 0 saturated carbocycles. The molecule has 2 bridgehead atoms. The van der Waals surface area contributed by atoms with E-state index in [4.69, 9.17) is 4.74 Å². The number of unbranched alkanes of at least 4 members (excludes halogenated alkanes) is 3. The molecule has 3 amide bonds. The topological polar surface area (TPSA) is 108 Å². The zero-order valence-electron chi connectivity index (χ0n) is 20.0. The van der Waals surface area contributed by atoms with Crippen LogP contribution >= 0.6 is 0 Å². The van der Waals surface area contributed by atoms with Crippen molar-refractivity contribution in [1.29, 1.82) is 0 Å². The molecule has 3 N–H and O–H groups in total. The summed E-state index contributed by atoms with van der Waals surface area (Å²) in [6.07, 6.45) is 6.91. The van der Waals surface area contributed by atoms with Gasteiger partial charge in [0.15, 0.2) is 0 Å². The second-order valence-electron chi connectivity index (χ2n) is 9.58. The van der Waals surface area contributed by atoms with Crippen LogP contribution in [0, 0.1) is 11.8 Å². The number of rotatable bonds is 13. The minimum atomic E-state index is -0.949. The zero-order valence-corrected chi connectivity index (χ0v) is 20.0. The van der Waals surface area contributed by atoms with Gasteiger partial charge >= 0.3 is 0 Å². The number of likely N-dealkylation sites (tertiary alicyclic amines) is 1. The van der Waals surface area contributed by atoms with Crippen LogP contribution < -0.4 is 10.6 Å². The highest BCUT2D eigenvalue weighted by Gasteiger charge is 2.78. The molecule has 32 heavy (non-hydrogen) atoms. The summed E-state index contributed by atoms with van der Waals surface area (Å²) in [5, 5.41) is 15.2. The van der Waals surface area contributed by atoms with Gasteiger partial charge in [0, 0.05) is 26.2 Å². The van der Waals surface area contributed by atoms with E-state index in [1.165, 1.54) is 0 Å². The molecule has 1 spiro atoms. The fourth-order valence-corrected chi connectivity index (χ4v) is 6.09. The van der Waals surface area contributed by atoms with E-state index >= 15 is 0 Å². The molecule has 0 aliphatic carbocycles. The highest BCUT2D eigenvalue weighted by molar-refractivity contribution is 5.99. The van der Waals surface area contributed by atoms with Gasteiger partial charge in [0.2, 0.25) is 17.7 Å². The summed E-state index contributed by atoms with van der Waals surface area (Å²) in [5.74, 6) is -1.66. The first-order chi connectivity index (χ1) is 15.4. The summed E-state index contributed by atoms with van der Waals surface area (Å²) in [5.41, 5.74) is -1.63. The summed E-state index contributed by atoms with van der Waals surface area (Å²) in [4.78, 5) is 42.0. The Morgan fingerprint density at radius 2 is 1.78 bits per heavy atom. The van der Waals surface area contributed by atoms with Gasteiger partial charge in [-0.3, -0.25) is 14.4 Å². The third kappa shape index (κ3) is 4.16. The number of carbonyl (C=O) groups is 3. The van der Waals surface area contributed by atoms with Crippen molar-refractivity contribution in [3.05, 3.63) is 0 Å². The van der Waals surface area contributed by atoms with Gasteiger partial charge in [-0.05, 0) is 44.9 Å². The van der Waals surface area contributed by atoms with Crippen molar-refractivity contribution in [2.75, 3.05) is 26.2 Å². The second kappa shape index (κ2) is 10.5. The molecule has 0 radical (unpaired) electrons. The standard InChI is InChI=1S/C24H41N3O5/c1-4-7-8-14-26-21(30)19-24-12-11-23(6-3,32-24)17(20(29)25-13-5-2)18(24)22(31)27(19)15-9-10-16-28/h17-19,28H,4-16H2,1-3H3,(H,25,29)(H,26,30)/t17-,18-,19?,23+,24?/m0/s1. The molecular weight excluding hydrogens is 410 g/mol. The third-order valence-electron chi connectivity index (χ3n) is 7.65. The van der Waals surface area contributed by atoms with Crippen molar-refractivity contribution in [3.63, 3.8) is 0 Å². The van der Waals surface area contributed by atoms with Crippen molar-refractivity contribution >= 4 is 17.7 Å². The van der Waals surface area contributed by atoms with Crippen LogP contribution in [0.15, 0.2) is 0 Å². The number of ether oxygens (including phenoxy) is 1. The van der Waals surface area contributed by atoms with Crippen LogP contribution in [-0.4, -0.2) is 71.2 Å². The van der Waals surface area contributed by atoms with E-state index in [0.29, 0.717) is 51.7 Å². The number of aliphatic hydroxyl groups excluding tert-OH is 1. The van der Waals surface area contributed by atoms with E-state index in [2.05, 4.69) is 17.6 Å². The van der Waals surface area contributed by atoms with Gasteiger partial charge in [-0.1, -0.05) is 33.6 Å².